The Morgan fingerprint density at radius 3 is 2.39 bits per heavy atom. The van der Waals surface area contributed by atoms with Crippen molar-refractivity contribution >= 4 is 17.0 Å². The number of fused-ring (bicyclic) bond motifs is 1. The van der Waals surface area contributed by atoms with Crippen LogP contribution in [0.4, 0.5) is 5.82 Å². The number of hydrogen-bond donors (Lipinski definition) is 0. The summed E-state index contributed by atoms with van der Waals surface area (Å²) in [6.07, 6.45) is 0. The van der Waals surface area contributed by atoms with Gasteiger partial charge < -0.3 is 14.2 Å². The topological polar surface area (TPSA) is 99.7 Å². The molecule has 0 aliphatic carbocycles. The van der Waals surface area contributed by atoms with Gasteiger partial charge in [0.25, 0.3) is 0 Å². The molecule has 0 bridgehead atoms. The first-order chi connectivity index (χ1) is 13.3. The first kappa shape index (κ1) is 17.5. The van der Waals surface area contributed by atoms with Crippen molar-refractivity contribution in [2.24, 2.45) is 12.5 Å². The molecule has 28 heavy (non-hydrogen) atoms. The highest BCUT2D eigenvalue weighted by Crippen LogP contribution is 2.41. The molecule has 3 aromatic heterocycles. The van der Waals surface area contributed by atoms with Crippen LogP contribution < -0.4 is 4.90 Å². The van der Waals surface area contributed by atoms with Crippen molar-refractivity contribution in [3.8, 4) is 0 Å². The van der Waals surface area contributed by atoms with Crippen molar-refractivity contribution in [3.05, 3.63) is 17.5 Å². The number of aryl methyl sites for hydroxylation is 1. The highest BCUT2D eigenvalue weighted by atomic mass is 16.5. The Morgan fingerprint density at radius 2 is 1.82 bits per heavy atom. The lowest BCUT2D eigenvalue weighted by Gasteiger charge is -2.55. The molecule has 148 valence electrons. The van der Waals surface area contributed by atoms with Crippen LogP contribution in [0.5, 0.6) is 0 Å². The van der Waals surface area contributed by atoms with Gasteiger partial charge in [0.15, 0.2) is 22.8 Å². The van der Waals surface area contributed by atoms with Crippen LogP contribution in [0.1, 0.15) is 38.2 Å². The molecule has 0 radical (unpaired) electrons. The molecule has 0 atom stereocenters. The molecule has 2 saturated heterocycles. The first-order valence-corrected chi connectivity index (χ1v) is 9.55. The molecule has 2 aliphatic heterocycles. The Kier molecular flexibility index (Phi) is 3.55. The minimum absolute atomic E-state index is 0.179. The zero-order chi connectivity index (χ0) is 19.7. The predicted octanol–water partition coefficient (Wildman–Crippen LogP) is 0.841. The lowest BCUT2D eigenvalue weighted by atomic mass is 9.78. The van der Waals surface area contributed by atoms with Crippen LogP contribution in [0.3, 0.4) is 0 Å². The zero-order valence-corrected chi connectivity index (χ0v) is 17.0. The van der Waals surface area contributed by atoms with Crippen molar-refractivity contribution in [1.82, 2.24) is 39.7 Å². The van der Waals surface area contributed by atoms with Gasteiger partial charge in [-0.25, -0.2) is 14.6 Å². The molecule has 0 amide bonds. The fourth-order valence-corrected chi connectivity index (χ4v) is 3.71. The maximum atomic E-state index is 5.41. The number of rotatable bonds is 3. The van der Waals surface area contributed by atoms with E-state index in [1.807, 2.05) is 18.5 Å². The standard InChI is InChI=1S/C18H25N9O/c1-11-21-22-12(25(11)5)6-27-15-13(23-24-27)14(19-16(20-15)17(2,3)4)26-7-18(8-26)9-28-10-18/h6-10H2,1-5H3. The van der Waals surface area contributed by atoms with E-state index in [1.54, 1.807) is 4.68 Å². The van der Waals surface area contributed by atoms with E-state index in [0.29, 0.717) is 12.0 Å². The van der Waals surface area contributed by atoms with Gasteiger partial charge in [0.2, 0.25) is 0 Å². The highest BCUT2D eigenvalue weighted by Gasteiger charge is 2.50. The summed E-state index contributed by atoms with van der Waals surface area (Å²) < 4.78 is 9.15. The van der Waals surface area contributed by atoms with Crippen molar-refractivity contribution in [1.29, 1.82) is 0 Å². The second-order valence-corrected chi connectivity index (χ2v) is 9.11. The Balaban J connectivity index is 1.57. The minimum atomic E-state index is -0.179. The van der Waals surface area contributed by atoms with Crippen LogP contribution in [0.15, 0.2) is 0 Å². The normalized spacial score (nSPS) is 18.5. The zero-order valence-electron chi connectivity index (χ0n) is 17.0. The third-order valence-corrected chi connectivity index (χ3v) is 5.66. The van der Waals surface area contributed by atoms with Gasteiger partial charge in [-0.1, -0.05) is 26.0 Å². The van der Waals surface area contributed by atoms with Crippen LogP contribution in [0.2, 0.25) is 0 Å². The molecular formula is C18H25N9O. The van der Waals surface area contributed by atoms with Crippen molar-refractivity contribution in [2.45, 2.75) is 39.7 Å². The van der Waals surface area contributed by atoms with Gasteiger partial charge in [0.05, 0.1) is 18.6 Å². The highest BCUT2D eigenvalue weighted by molar-refractivity contribution is 5.83. The van der Waals surface area contributed by atoms with Crippen LogP contribution >= 0.6 is 0 Å². The number of anilines is 1. The van der Waals surface area contributed by atoms with Crippen molar-refractivity contribution < 1.29 is 4.74 Å². The molecule has 0 N–H and O–H groups in total. The largest absolute Gasteiger partial charge is 0.380 e. The fraction of sp³-hybridized carbons (Fsp3) is 0.667. The van der Waals surface area contributed by atoms with E-state index in [-0.39, 0.29) is 5.41 Å². The van der Waals surface area contributed by atoms with Crippen molar-refractivity contribution in [2.75, 3.05) is 31.2 Å². The lowest BCUT2D eigenvalue weighted by Crippen LogP contribution is -2.66. The molecule has 1 spiro atoms. The van der Waals surface area contributed by atoms with Gasteiger partial charge in [0.1, 0.15) is 18.2 Å². The van der Waals surface area contributed by atoms with E-state index in [4.69, 9.17) is 14.7 Å². The van der Waals surface area contributed by atoms with Gasteiger partial charge in [-0.05, 0) is 6.92 Å². The lowest BCUT2D eigenvalue weighted by molar-refractivity contribution is -0.127. The average Bonchev–Trinajstić information content (AvgIpc) is 3.10. The van der Waals surface area contributed by atoms with Gasteiger partial charge >= 0.3 is 0 Å². The van der Waals surface area contributed by atoms with Gasteiger partial charge in [-0.3, -0.25) is 0 Å². The molecule has 10 heteroatoms. The minimum Gasteiger partial charge on any atom is -0.380 e. The Morgan fingerprint density at radius 1 is 1.07 bits per heavy atom. The summed E-state index contributed by atoms with van der Waals surface area (Å²) >= 11 is 0. The smallest absolute Gasteiger partial charge is 0.184 e. The molecule has 5 rings (SSSR count). The third kappa shape index (κ3) is 2.58. The van der Waals surface area contributed by atoms with Crippen LogP contribution in [0.25, 0.3) is 11.2 Å². The molecule has 10 nitrogen and oxygen atoms in total. The summed E-state index contributed by atoms with van der Waals surface area (Å²) in [7, 11) is 1.95. The van der Waals surface area contributed by atoms with E-state index in [9.17, 15) is 0 Å². The summed E-state index contributed by atoms with van der Waals surface area (Å²) in [5.41, 5.74) is 1.59. The summed E-state index contributed by atoms with van der Waals surface area (Å²) in [6, 6.07) is 0. The maximum absolute atomic E-state index is 5.41. The van der Waals surface area contributed by atoms with Gasteiger partial charge in [0, 0.05) is 25.6 Å². The number of ether oxygens (including phenoxy) is 1. The first-order valence-electron chi connectivity index (χ1n) is 9.55. The Labute approximate surface area is 162 Å². The molecule has 5 heterocycles. The van der Waals surface area contributed by atoms with E-state index in [1.165, 1.54) is 0 Å². The van der Waals surface area contributed by atoms with E-state index in [0.717, 1.165) is 60.8 Å². The van der Waals surface area contributed by atoms with Crippen LogP contribution in [-0.2, 0) is 23.7 Å². The molecule has 0 aromatic carbocycles. The summed E-state index contributed by atoms with van der Waals surface area (Å²) in [5.74, 6) is 3.33. The number of aromatic nitrogens is 8. The maximum Gasteiger partial charge on any atom is 0.184 e. The molecule has 0 unspecified atom stereocenters. The number of nitrogens with zero attached hydrogens (tertiary/aromatic N) is 9. The average molecular weight is 383 g/mol. The summed E-state index contributed by atoms with van der Waals surface area (Å²) in [4.78, 5) is 12.0. The second-order valence-electron chi connectivity index (χ2n) is 9.11. The Bertz CT molecular complexity index is 1050. The van der Waals surface area contributed by atoms with E-state index >= 15 is 0 Å². The van der Waals surface area contributed by atoms with Gasteiger partial charge in [-0.15, -0.1) is 15.3 Å². The molecule has 3 aromatic rings. The van der Waals surface area contributed by atoms with E-state index < -0.39 is 0 Å². The SMILES string of the molecule is Cc1nnc(Cn2nnc3c(N4CC5(COC5)C4)nc(C(C)(C)C)nc32)n1C. The monoisotopic (exact) mass is 383 g/mol. The predicted molar refractivity (Wildman–Crippen MR) is 102 cm³/mol. The molecular weight excluding hydrogens is 358 g/mol. The van der Waals surface area contributed by atoms with E-state index in [2.05, 4.69) is 46.2 Å². The van der Waals surface area contributed by atoms with Gasteiger partial charge in [-0.2, -0.15) is 0 Å². The second kappa shape index (κ2) is 5.69. The molecule has 2 fully saturated rings. The fourth-order valence-electron chi connectivity index (χ4n) is 3.71. The third-order valence-electron chi connectivity index (χ3n) is 5.66. The molecule has 0 saturated carbocycles. The summed E-state index contributed by atoms with van der Waals surface area (Å²) in [6.45, 7) is 12.3. The summed E-state index contributed by atoms with van der Waals surface area (Å²) in [5, 5.41) is 17.2. The van der Waals surface area contributed by atoms with Crippen LogP contribution in [0, 0.1) is 12.3 Å². The number of hydrogen-bond acceptors (Lipinski definition) is 8. The van der Waals surface area contributed by atoms with Crippen LogP contribution in [-0.4, -0.2) is 66.0 Å². The molecule has 2 aliphatic rings. The van der Waals surface area contributed by atoms with Crippen molar-refractivity contribution in [3.63, 3.8) is 0 Å². The Hall–Kier alpha value is -2.62. The quantitative estimate of drug-likeness (QED) is 0.656.